The van der Waals surface area contributed by atoms with E-state index in [1.165, 1.54) is 6.08 Å². The molecular weight excluding hydrogens is 258 g/mol. The average molecular weight is 273 g/mol. The molecule has 2 N–H and O–H groups in total. The van der Waals surface area contributed by atoms with E-state index < -0.39 is 0 Å². The topological polar surface area (TPSA) is 92.8 Å². The van der Waals surface area contributed by atoms with Crippen molar-refractivity contribution in [3.8, 4) is 5.75 Å². The summed E-state index contributed by atoms with van der Waals surface area (Å²) in [6, 6.07) is 7.13. The summed E-state index contributed by atoms with van der Waals surface area (Å²) in [5, 5.41) is 16.1. The van der Waals surface area contributed by atoms with Crippen molar-refractivity contribution in [2.75, 3.05) is 7.11 Å². The molecule has 1 amide bonds. The second-order valence-corrected chi connectivity index (χ2v) is 4.08. The van der Waals surface area contributed by atoms with Gasteiger partial charge in [-0.15, -0.1) is 10.2 Å². The van der Waals surface area contributed by atoms with Crippen LogP contribution in [0.15, 0.2) is 30.3 Å². The van der Waals surface area contributed by atoms with Gasteiger partial charge in [0.1, 0.15) is 5.75 Å². The summed E-state index contributed by atoms with van der Waals surface area (Å²) >= 11 is 0. The molecule has 0 fully saturated rings. The van der Waals surface area contributed by atoms with E-state index in [0.717, 1.165) is 5.56 Å². The van der Waals surface area contributed by atoms with Crippen LogP contribution in [0, 0.1) is 0 Å². The van der Waals surface area contributed by atoms with E-state index in [0.29, 0.717) is 11.6 Å². The van der Waals surface area contributed by atoms with Crippen LogP contribution in [0.25, 0.3) is 6.08 Å². The van der Waals surface area contributed by atoms with Crippen LogP contribution in [-0.4, -0.2) is 33.6 Å². The molecule has 1 aromatic heterocycles. The van der Waals surface area contributed by atoms with E-state index in [4.69, 9.17) is 4.74 Å². The molecule has 1 heterocycles. The Bertz CT molecular complexity index is 595. The first kappa shape index (κ1) is 13.7. The highest BCUT2D eigenvalue weighted by atomic mass is 16.5. The lowest BCUT2D eigenvalue weighted by molar-refractivity contribution is -0.117. The molecule has 0 aliphatic heterocycles. The molecule has 2 aromatic rings. The van der Waals surface area contributed by atoms with E-state index in [-0.39, 0.29) is 11.9 Å². The Morgan fingerprint density at radius 1 is 1.45 bits per heavy atom. The number of para-hydroxylation sites is 1. The van der Waals surface area contributed by atoms with Gasteiger partial charge in [0, 0.05) is 11.6 Å². The first-order valence-corrected chi connectivity index (χ1v) is 6.05. The number of nitrogens with one attached hydrogen (secondary N) is 2. The molecular formula is C13H15N5O2. The minimum atomic E-state index is -0.316. The predicted molar refractivity (Wildman–Crippen MR) is 72.8 cm³/mol. The van der Waals surface area contributed by atoms with Crippen molar-refractivity contribution < 1.29 is 9.53 Å². The number of rotatable bonds is 5. The zero-order valence-corrected chi connectivity index (χ0v) is 11.2. The predicted octanol–water partition coefficient (Wildman–Crippen LogP) is 1.10. The first-order chi connectivity index (χ1) is 9.70. The summed E-state index contributed by atoms with van der Waals surface area (Å²) in [5.74, 6) is 0.903. The van der Waals surface area contributed by atoms with Crippen molar-refractivity contribution in [2.24, 2.45) is 0 Å². The molecule has 104 valence electrons. The molecule has 0 saturated heterocycles. The van der Waals surface area contributed by atoms with Gasteiger partial charge in [-0.2, -0.15) is 5.21 Å². The summed E-state index contributed by atoms with van der Waals surface area (Å²) in [6.45, 7) is 1.78. The van der Waals surface area contributed by atoms with E-state index in [1.54, 1.807) is 20.1 Å². The fourth-order valence-corrected chi connectivity index (χ4v) is 1.65. The van der Waals surface area contributed by atoms with Crippen molar-refractivity contribution >= 4 is 12.0 Å². The number of nitrogens with zero attached hydrogens (tertiary/aromatic N) is 3. The molecule has 1 atom stereocenters. The fourth-order valence-electron chi connectivity index (χ4n) is 1.65. The summed E-state index contributed by atoms with van der Waals surface area (Å²) < 4.78 is 5.20. The van der Waals surface area contributed by atoms with Gasteiger partial charge in [0.05, 0.1) is 13.2 Å². The first-order valence-electron chi connectivity index (χ1n) is 6.05. The maximum atomic E-state index is 11.8. The number of amides is 1. The Labute approximate surface area is 116 Å². The largest absolute Gasteiger partial charge is 0.496 e. The van der Waals surface area contributed by atoms with Crippen LogP contribution in [0.1, 0.15) is 24.4 Å². The lowest BCUT2D eigenvalue weighted by Crippen LogP contribution is -2.25. The summed E-state index contributed by atoms with van der Waals surface area (Å²) in [4.78, 5) is 11.8. The summed E-state index contributed by atoms with van der Waals surface area (Å²) in [6.07, 6.45) is 3.13. The van der Waals surface area contributed by atoms with Crippen LogP contribution in [0.3, 0.4) is 0 Å². The Morgan fingerprint density at radius 3 is 2.95 bits per heavy atom. The maximum Gasteiger partial charge on any atom is 0.244 e. The number of methoxy groups -OCH3 is 1. The van der Waals surface area contributed by atoms with Crippen LogP contribution in [-0.2, 0) is 4.79 Å². The number of benzene rings is 1. The molecule has 0 saturated carbocycles. The molecule has 0 radical (unpaired) electrons. The quantitative estimate of drug-likeness (QED) is 0.796. The Balaban J connectivity index is 1.99. The molecule has 0 spiro atoms. The van der Waals surface area contributed by atoms with Crippen molar-refractivity contribution in [3.63, 3.8) is 0 Å². The monoisotopic (exact) mass is 273 g/mol. The van der Waals surface area contributed by atoms with Crippen LogP contribution in [0.4, 0.5) is 0 Å². The Kier molecular flexibility index (Phi) is 4.43. The van der Waals surface area contributed by atoms with Crippen LogP contribution >= 0.6 is 0 Å². The zero-order valence-electron chi connectivity index (χ0n) is 11.2. The van der Waals surface area contributed by atoms with Crippen LogP contribution in [0.2, 0.25) is 0 Å². The standard InChI is InChI=1S/C13H15N5O2/c1-9(13-15-17-18-16-13)14-12(19)8-7-10-5-3-4-6-11(10)20-2/h3-9H,1-2H3,(H,14,19)(H,15,16,17,18). The lowest BCUT2D eigenvalue weighted by atomic mass is 10.2. The highest BCUT2D eigenvalue weighted by Gasteiger charge is 2.11. The van der Waals surface area contributed by atoms with E-state index in [1.807, 2.05) is 24.3 Å². The second-order valence-electron chi connectivity index (χ2n) is 4.08. The van der Waals surface area contributed by atoms with Gasteiger partial charge < -0.3 is 10.1 Å². The van der Waals surface area contributed by atoms with Gasteiger partial charge in [-0.05, 0) is 19.1 Å². The minimum absolute atomic E-state index is 0.242. The number of carbonyl (C=O) groups is 1. The van der Waals surface area contributed by atoms with Crippen LogP contribution < -0.4 is 10.1 Å². The van der Waals surface area contributed by atoms with Gasteiger partial charge in [-0.25, -0.2) is 0 Å². The highest BCUT2D eigenvalue weighted by Crippen LogP contribution is 2.18. The van der Waals surface area contributed by atoms with Crippen molar-refractivity contribution in [1.29, 1.82) is 0 Å². The smallest absolute Gasteiger partial charge is 0.244 e. The Hall–Kier alpha value is -2.70. The molecule has 0 aliphatic rings. The minimum Gasteiger partial charge on any atom is -0.496 e. The second kappa shape index (κ2) is 6.46. The SMILES string of the molecule is COc1ccccc1C=CC(=O)NC(C)c1nn[nH]n1. The van der Waals surface area contributed by atoms with Gasteiger partial charge in [-0.1, -0.05) is 23.4 Å². The number of H-pyrrole nitrogens is 1. The molecule has 2 rings (SSSR count). The number of tetrazole rings is 1. The maximum absolute atomic E-state index is 11.8. The molecule has 1 aromatic carbocycles. The lowest BCUT2D eigenvalue weighted by Gasteiger charge is -2.07. The molecule has 0 bridgehead atoms. The summed E-state index contributed by atoms with van der Waals surface area (Å²) in [5.41, 5.74) is 0.831. The average Bonchev–Trinajstić information content (AvgIpc) is 2.99. The van der Waals surface area contributed by atoms with Gasteiger partial charge >= 0.3 is 0 Å². The number of hydrogen-bond donors (Lipinski definition) is 2. The normalized spacial score (nSPS) is 12.3. The third-order valence-electron chi connectivity index (χ3n) is 2.66. The molecule has 7 heteroatoms. The number of aromatic nitrogens is 4. The molecule has 20 heavy (non-hydrogen) atoms. The van der Waals surface area contributed by atoms with Crippen molar-refractivity contribution in [2.45, 2.75) is 13.0 Å². The number of carbonyl (C=O) groups excluding carboxylic acids is 1. The number of aromatic amines is 1. The number of ether oxygens (including phenoxy) is 1. The van der Waals surface area contributed by atoms with E-state index >= 15 is 0 Å². The molecule has 1 unspecified atom stereocenters. The third kappa shape index (κ3) is 3.41. The zero-order chi connectivity index (χ0) is 14.4. The van der Waals surface area contributed by atoms with Crippen molar-refractivity contribution in [3.05, 3.63) is 41.7 Å². The fraction of sp³-hybridized carbons (Fsp3) is 0.231. The Morgan fingerprint density at radius 2 is 2.25 bits per heavy atom. The van der Waals surface area contributed by atoms with E-state index in [9.17, 15) is 4.79 Å². The highest BCUT2D eigenvalue weighted by molar-refractivity contribution is 5.92. The third-order valence-corrected chi connectivity index (χ3v) is 2.66. The number of hydrogen-bond acceptors (Lipinski definition) is 5. The van der Waals surface area contributed by atoms with Crippen LogP contribution in [0.5, 0.6) is 5.75 Å². The molecule has 7 nitrogen and oxygen atoms in total. The van der Waals surface area contributed by atoms with Gasteiger partial charge in [-0.3, -0.25) is 4.79 Å². The van der Waals surface area contributed by atoms with Gasteiger partial charge in [0.15, 0.2) is 5.82 Å². The van der Waals surface area contributed by atoms with Gasteiger partial charge in [0.2, 0.25) is 5.91 Å². The van der Waals surface area contributed by atoms with E-state index in [2.05, 4.69) is 25.9 Å². The molecule has 0 aliphatic carbocycles. The van der Waals surface area contributed by atoms with Gasteiger partial charge in [0.25, 0.3) is 0 Å². The van der Waals surface area contributed by atoms with Crippen molar-refractivity contribution in [1.82, 2.24) is 25.9 Å². The summed E-state index contributed by atoms with van der Waals surface area (Å²) in [7, 11) is 1.59.